The maximum atomic E-state index is 11.4. The molecule has 0 radical (unpaired) electrons. The largest absolute Gasteiger partial charge is 0.394 e. The minimum atomic E-state index is -1.20. The standard InChI is InChI=1S/C11H16N2O5/c1-5-3-13(6(2)12-10(5)17)11-9(16)8(15)7(4-14)18-11/h3,7-9,11,14-16H,2,4H2,1H3,(H,12,17)/t7-,8+,9?,11-/m1/s1. The van der Waals surface area contributed by atoms with Crippen LogP contribution in [0.5, 0.6) is 0 Å². The number of amides is 1. The van der Waals surface area contributed by atoms with Crippen LogP contribution in [0.3, 0.4) is 0 Å². The third kappa shape index (κ3) is 2.01. The Hall–Kier alpha value is -1.41. The van der Waals surface area contributed by atoms with Crippen molar-refractivity contribution in [2.75, 3.05) is 6.61 Å². The second kappa shape index (κ2) is 4.69. The highest BCUT2D eigenvalue weighted by Crippen LogP contribution is 2.27. The highest BCUT2D eigenvalue weighted by atomic mass is 16.6. The molecule has 0 bridgehead atoms. The number of aliphatic hydroxyl groups is 3. The second-order valence-electron chi connectivity index (χ2n) is 4.35. The summed E-state index contributed by atoms with van der Waals surface area (Å²) in [6, 6.07) is 0. The summed E-state index contributed by atoms with van der Waals surface area (Å²) in [5, 5.41) is 31.1. The molecule has 0 aromatic rings. The topological polar surface area (TPSA) is 102 Å². The monoisotopic (exact) mass is 256 g/mol. The Labute approximate surface area is 104 Å². The number of rotatable bonds is 2. The van der Waals surface area contributed by atoms with Gasteiger partial charge in [-0.15, -0.1) is 0 Å². The first kappa shape index (κ1) is 13.0. The Morgan fingerprint density at radius 2 is 2.17 bits per heavy atom. The van der Waals surface area contributed by atoms with E-state index in [2.05, 4.69) is 11.9 Å². The van der Waals surface area contributed by atoms with E-state index in [1.54, 1.807) is 6.92 Å². The van der Waals surface area contributed by atoms with Crippen molar-refractivity contribution in [2.24, 2.45) is 0 Å². The summed E-state index contributed by atoms with van der Waals surface area (Å²) in [5.41, 5.74) is 0.431. The van der Waals surface area contributed by atoms with Gasteiger partial charge in [0.25, 0.3) is 5.91 Å². The molecule has 2 rings (SSSR count). The van der Waals surface area contributed by atoms with Crippen molar-refractivity contribution in [3.63, 3.8) is 0 Å². The minimum absolute atomic E-state index is 0.250. The molecular weight excluding hydrogens is 240 g/mol. The van der Waals surface area contributed by atoms with Crippen LogP contribution in [0.2, 0.25) is 0 Å². The summed E-state index contributed by atoms with van der Waals surface area (Å²) in [7, 11) is 0. The molecule has 4 atom stereocenters. The lowest BCUT2D eigenvalue weighted by molar-refractivity contribution is -0.119. The molecule has 18 heavy (non-hydrogen) atoms. The van der Waals surface area contributed by atoms with E-state index in [0.717, 1.165) is 0 Å². The molecule has 1 unspecified atom stereocenters. The van der Waals surface area contributed by atoms with Crippen molar-refractivity contribution < 1.29 is 24.9 Å². The van der Waals surface area contributed by atoms with E-state index in [4.69, 9.17) is 9.84 Å². The molecule has 1 fully saturated rings. The lowest BCUT2D eigenvalue weighted by Gasteiger charge is -2.33. The Morgan fingerprint density at radius 1 is 1.50 bits per heavy atom. The molecular formula is C11H16N2O5. The summed E-state index contributed by atoms with van der Waals surface area (Å²) < 4.78 is 5.35. The van der Waals surface area contributed by atoms with Crippen LogP contribution >= 0.6 is 0 Å². The third-order valence-electron chi connectivity index (χ3n) is 3.05. The van der Waals surface area contributed by atoms with Crippen LogP contribution in [0.1, 0.15) is 6.92 Å². The van der Waals surface area contributed by atoms with Crippen molar-refractivity contribution in [3.8, 4) is 0 Å². The maximum Gasteiger partial charge on any atom is 0.253 e. The quantitative estimate of drug-likeness (QED) is 0.466. The van der Waals surface area contributed by atoms with Gasteiger partial charge in [-0.1, -0.05) is 6.58 Å². The molecule has 0 aliphatic carbocycles. The molecule has 0 aromatic heterocycles. The summed E-state index contributed by atoms with van der Waals surface area (Å²) in [6.07, 6.45) is -2.64. The van der Waals surface area contributed by atoms with Gasteiger partial charge >= 0.3 is 0 Å². The average molecular weight is 256 g/mol. The van der Waals surface area contributed by atoms with E-state index in [-0.39, 0.29) is 11.7 Å². The first-order chi connectivity index (χ1) is 8.45. The van der Waals surface area contributed by atoms with Crippen molar-refractivity contribution in [1.29, 1.82) is 0 Å². The Kier molecular flexibility index (Phi) is 3.40. The van der Waals surface area contributed by atoms with Crippen LogP contribution in [0.25, 0.3) is 0 Å². The first-order valence-electron chi connectivity index (χ1n) is 5.55. The SMILES string of the molecule is C=C1NC(=O)C(C)=CN1[C@@H]1O[C@H](CO)[C@H](O)C1O. The summed E-state index contributed by atoms with van der Waals surface area (Å²) in [5.74, 6) is -0.0246. The molecule has 1 saturated heterocycles. The number of hydrogen-bond acceptors (Lipinski definition) is 6. The lowest BCUT2D eigenvalue weighted by atomic mass is 10.1. The number of carbonyl (C=O) groups is 1. The Balaban J connectivity index is 2.22. The fraction of sp³-hybridized carbons (Fsp3) is 0.545. The Bertz CT molecular complexity index is 408. The zero-order valence-corrected chi connectivity index (χ0v) is 9.91. The van der Waals surface area contributed by atoms with E-state index in [1.807, 2.05) is 0 Å². The third-order valence-corrected chi connectivity index (χ3v) is 3.05. The average Bonchev–Trinajstić information content (AvgIpc) is 2.61. The van der Waals surface area contributed by atoms with Crippen LogP contribution in [-0.4, -0.2) is 57.3 Å². The van der Waals surface area contributed by atoms with Gasteiger partial charge in [0.2, 0.25) is 0 Å². The fourth-order valence-corrected chi connectivity index (χ4v) is 1.98. The summed E-state index contributed by atoms with van der Waals surface area (Å²) >= 11 is 0. The fourth-order valence-electron chi connectivity index (χ4n) is 1.98. The van der Waals surface area contributed by atoms with Crippen molar-refractivity contribution >= 4 is 5.91 Å². The van der Waals surface area contributed by atoms with Gasteiger partial charge in [0.15, 0.2) is 6.23 Å². The normalized spacial score (nSPS) is 36.7. The molecule has 1 amide bonds. The molecule has 2 aliphatic heterocycles. The predicted molar refractivity (Wildman–Crippen MR) is 60.6 cm³/mol. The molecule has 4 N–H and O–H groups in total. The predicted octanol–water partition coefficient (Wildman–Crippen LogP) is -1.77. The lowest BCUT2D eigenvalue weighted by Crippen LogP contribution is -2.47. The van der Waals surface area contributed by atoms with E-state index < -0.39 is 31.1 Å². The maximum absolute atomic E-state index is 11.4. The number of nitrogens with zero attached hydrogens (tertiary/aromatic N) is 1. The molecule has 0 saturated carbocycles. The van der Waals surface area contributed by atoms with Gasteiger partial charge < -0.3 is 30.3 Å². The summed E-state index contributed by atoms with van der Waals surface area (Å²) in [6.45, 7) is 4.86. The summed E-state index contributed by atoms with van der Waals surface area (Å²) in [4.78, 5) is 12.8. The number of nitrogens with one attached hydrogen (secondary N) is 1. The molecule has 7 heteroatoms. The minimum Gasteiger partial charge on any atom is -0.394 e. The van der Waals surface area contributed by atoms with Gasteiger partial charge in [-0.3, -0.25) is 4.79 Å². The molecule has 2 aliphatic rings. The molecule has 7 nitrogen and oxygen atoms in total. The van der Waals surface area contributed by atoms with Crippen molar-refractivity contribution in [1.82, 2.24) is 10.2 Å². The van der Waals surface area contributed by atoms with Crippen molar-refractivity contribution in [3.05, 3.63) is 24.2 Å². The van der Waals surface area contributed by atoms with E-state index >= 15 is 0 Å². The number of carbonyl (C=O) groups excluding carboxylic acids is 1. The van der Waals surface area contributed by atoms with E-state index in [9.17, 15) is 15.0 Å². The van der Waals surface area contributed by atoms with Crippen LogP contribution < -0.4 is 5.32 Å². The highest BCUT2D eigenvalue weighted by molar-refractivity contribution is 5.94. The smallest absolute Gasteiger partial charge is 0.253 e. The van der Waals surface area contributed by atoms with Gasteiger partial charge in [-0.2, -0.15) is 0 Å². The van der Waals surface area contributed by atoms with Crippen LogP contribution in [0.15, 0.2) is 24.2 Å². The van der Waals surface area contributed by atoms with Crippen LogP contribution in [0.4, 0.5) is 0 Å². The van der Waals surface area contributed by atoms with E-state index in [0.29, 0.717) is 5.57 Å². The number of hydrogen-bond donors (Lipinski definition) is 4. The second-order valence-corrected chi connectivity index (χ2v) is 4.35. The number of aliphatic hydroxyl groups excluding tert-OH is 3. The molecule has 2 heterocycles. The van der Waals surface area contributed by atoms with Gasteiger partial charge in [0.05, 0.1) is 6.61 Å². The van der Waals surface area contributed by atoms with Gasteiger partial charge in [-0.05, 0) is 6.92 Å². The zero-order chi connectivity index (χ0) is 13.4. The van der Waals surface area contributed by atoms with Crippen LogP contribution in [-0.2, 0) is 9.53 Å². The van der Waals surface area contributed by atoms with Gasteiger partial charge in [0.1, 0.15) is 24.1 Å². The number of ether oxygens (including phenoxy) is 1. The molecule has 0 aromatic carbocycles. The van der Waals surface area contributed by atoms with Crippen molar-refractivity contribution in [2.45, 2.75) is 31.5 Å². The van der Waals surface area contributed by atoms with Gasteiger partial charge in [-0.25, -0.2) is 0 Å². The molecule has 0 spiro atoms. The van der Waals surface area contributed by atoms with Crippen LogP contribution in [0, 0.1) is 0 Å². The zero-order valence-electron chi connectivity index (χ0n) is 9.91. The first-order valence-corrected chi connectivity index (χ1v) is 5.55. The Morgan fingerprint density at radius 3 is 2.72 bits per heavy atom. The van der Waals surface area contributed by atoms with Gasteiger partial charge in [0, 0.05) is 11.8 Å². The highest BCUT2D eigenvalue weighted by Gasteiger charge is 2.46. The molecule has 100 valence electrons. The van der Waals surface area contributed by atoms with E-state index in [1.165, 1.54) is 11.1 Å².